The van der Waals surface area contributed by atoms with Crippen LogP contribution in [-0.2, 0) is 20.4 Å². The normalized spacial score (nSPS) is 18.2. The van der Waals surface area contributed by atoms with E-state index >= 15 is 0 Å². The van der Waals surface area contributed by atoms with E-state index in [-0.39, 0.29) is 22.2 Å². The molecule has 1 aliphatic rings. The number of hydrogen-bond acceptors (Lipinski definition) is 4. The number of hydrogen-bond donors (Lipinski definition) is 1. The lowest BCUT2D eigenvalue weighted by Gasteiger charge is -2.29. The van der Waals surface area contributed by atoms with Gasteiger partial charge in [0.25, 0.3) is 11.7 Å². The van der Waals surface area contributed by atoms with E-state index in [1.165, 1.54) is 5.56 Å². The summed E-state index contributed by atoms with van der Waals surface area (Å²) in [5.74, 6) is -1.28. The van der Waals surface area contributed by atoms with Crippen LogP contribution in [0, 0.1) is 6.92 Å². The topological polar surface area (TPSA) is 60.9 Å². The third-order valence-electron chi connectivity index (χ3n) is 7.54. The smallest absolute Gasteiger partial charge is 0.295 e. The molecule has 1 fully saturated rings. The highest BCUT2D eigenvalue weighted by Crippen LogP contribution is 2.41. The van der Waals surface area contributed by atoms with Crippen LogP contribution in [0.5, 0.6) is 0 Å². The monoisotopic (exact) mass is 504 g/mol. The molecule has 1 aliphatic heterocycles. The third kappa shape index (κ3) is 5.98. The highest BCUT2D eigenvalue weighted by molar-refractivity contribution is 6.46. The Morgan fingerprint density at radius 1 is 0.892 bits per heavy atom. The first-order valence-electron chi connectivity index (χ1n) is 13.4. The van der Waals surface area contributed by atoms with Crippen LogP contribution in [0.4, 0.5) is 0 Å². The lowest BCUT2D eigenvalue weighted by molar-refractivity contribution is -0.140. The molecule has 1 unspecified atom stereocenters. The van der Waals surface area contributed by atoms with Crippen LogP contribution in [0.1, 0.15) is 89.2 Å². The molecule has 0 bridgehead atoms. The van der Waals surface area contributed by atoms with E-state index in [0.717, 1.165) is 29.8 Å². The van der Waals surface area contributed by atoms with Crippen molar-refractivity contribution in [1.82, 2.24) is 9.80 Å². The molecule has 0 aromatic heterocycles. The number of likely N-dealkylation sites (N-methyl/N-ethyl adjacent to an activating group) is 1. The molecule has 1 N–H and O–H groups in total. The number of rotatable bonds is 7. The molecule has 2 aromatic rings. The van der Waals surface area contributed by atoms with Crippen molar-refractivity contribution in [3.8, 4) is 0 Å². The zero-order valence-corrected chi connectivity index (χ0v) is 24.1. The molecule has 37 heavy (non-hydrogen) atoms. The van der Waals surface area contributed by atoms with E-state index in [2.05, 4.69) is 78.5 Å². The first-order valence-corrected chi connectivity index (χ1v) is 13.4. The van der Waals surface area contributed by atoms with Gasteiger partial charge in [0.2, 0.25) is 0 Å². The Kier molecular flexibility index (Phi) is 8.38. The van der Waals surface area contributed by atoms with E-state index in [0.29, 0.717) is 18.7 Å². The molecule has 200 valence electrons. The van der Waals surface area contributed by atoms with Crippen molar-refractivity contribution < 1.29 is 14.7 Å². The van der Waals surface area contributed by atoms with Crippen molar-refractivity contribution in [2.24, 2.45) is 0 Å². The first kappa shape index (κ1) is 28.6. The largest absolute Gasteiger partial charge is 0.507 e. The Morgan fingerprint density at radius 2 is 1.43 bits per heavy atom. The summed E-state index contributed by atoms with van der Waals surface area (Å²) in [5.41, 5.74) is 4.55. The Bertz CT molecular complexity index is 1180. The number of aryl methyl sites for hydroxylation is 1. The number of Topliss-reactive ketones (excluding diaryl/α,β-unsaturated/α-hetero) is 1. The average Bonchev–Trinajstić information content (AvgIpc) is 3.08. The van der Waals surface area contributed by atoms with Crippen LogP contribution in [0.25, 0.3) is 5.76 Å². The van der Waals surface area contributed by atoms with Gasteiger partial charge in [0.15, 0.2) is 0 Å². The molecule has 0 saturated carbocycles. The van der Waals surface area contributed by atoms with Crippen molar-refractivity contribution in [3.63, 3.8) is 0 Å². The molecular formula is C32H44N2O3. The van der Waals surface area contributed by atoms with Gasteiger partial charge in [-0.25, -0.2) is 0 Å². The van der Waals surface area contributed by atoms with Crippen molar-refractivity contribution in [2.75, 3.05) is 26.2 Å². The number of likely N-dealkylation sites (tertiary alicyclic amines) is 1. The summed E-state index contributed by atoms with van der Waals surface area (Å²) in [6.07, 6.45) is 0. The molecule has 5 heteroatoms. The number of carbonyl (C=O) groups excluding carboxylic acids is 2. The quantitative estimate of drug-likeness (QED) is 0.271. The Hall–Kier alpha value is -2.92. The van der Waals surface area contributed by atoms with Crippen molar-refractivity contribution in [1.29, 1.82) is 0 Å². The zero-order chi connectivity index (χ0) is 27.7. The Labute approximate surface area is 223 Å². The lowest BCUT2D eigenvalue weighted by atomic mass is 9.84. The summed E-state index contributed by atoms with van der Waals surface area (Å²) in [5, 5.41) is 11.7. The maximum absolute atomic E-state index is 13.5. The lowest BCUT2D eigenvalue weighted by Crippen LogP contribution is -2.38. The maximum atomic E-state index is 13.5. The number of benzene rings is 2. The molecular weight excluding hydrogens is 460 g/mol. The summed E-state index contributed by atoms with van der Waals surface area (Å²) in [4.78, 5) is 30.7. The number of aliphatic hydroxyl groups is 1. The fraction of sp³-hybridized carbons (Fsp3) is 0.500. The minimum absolute atomic E-state index is 0.0202. The van der Waals surface area contributed by atoms with E-state index in [1.54, 1.807) is 4.90 Å². The van der Waals surface area contributed by atoms with Gasteiger partial charge in [-0.05, 0) is 59.2 Å². The van der Waals surface area contributed by atoms with Crippen LogP contribution in [-0.4, -0.2) is 52.8 Å². The summed E-state index contributed by atoms with van der Waals surface area (Å²) in [6, 6.07) is 13.4. The molecule has 3 rings (SSSR count). The molecule has 2 aromatic carbocycles. The first-order chi connectivity index (χ1) is 17.2. The van der Waals surface area contributed by atoms with Crippen molar-refractivity contribution >= 4 is 17.4 Å². The zero-order valence-electron chi connectivity index (χ0n) is 24.1. The van der Waals surface area contributed by atoms with Gasteiger partial charge in [0.05, 0.1) is 11.6 Å². The third-order valence-corrected chi connectivity index (χ3v) is 7.54. The van der Waals surface area contributed by atoms with Crippen molar-refractivity contribution in [3.05, 3.63) is 75.9 Å². The van der Waals surface area contributed by atoms with Gasteiger partial charge in [0.1, 0.15) is 5.76 Å². The van der Waals surface area contributed by atoms with E-state index in [9.17, 15) is 14.7 Å². The van der Waals surface area contributed by atoms with Crippen molar-refractivity contribution in [2.45, 2.75) is 79.2 Å². The standard InChI is InChI=1S/C32H44N2O3/c1-10-33(11-2)18-19-34-27(22-13-16-23(17-14-22)31(4,5)6)26(29(36)30(34)37)28(35)25-20-24(32(7,8)9)15-12-21(25)3/h12-17,20,27,35H,10-11,18-19H2,1-9H3/b28-26+. The van der Waals surface area contributed by atoms with E-state index in [1.807, 2.05) is 31.2 Å². The molecule has 0 aliphatic carbocycles. The molecule has 1 saturated heterocycles. The SMILES string of the molecule is CCN(CC)CCN1C(=O)C(=O)/C(=C(/O)c2cc(C(C)(C)C)ccc2C)C1c1ccc(C(C)(C)C)cc1. The Balaban J connectivity index is 2.19. The number of aliphatic hydroxyl groups excluding tert-OH is 1. The highest BCUT2D eigenvalue weighted by atomic mass is 16.3. The molecule has 0 spiro atoms. The van der Waals surface area contributed by atoms with Crippen LogP contribution >= 0.6 is 0 Å². The second-order valence-corrected chi connectivity index (χ2v) is 12.2. The van der Waals surface area contributed by atoms with Gasteiger partial charge in [0, 0.05) is 18.7 Å². The van der Waals surface area contributed by atoms with Gasteiger partial charge in [-0.3, -0.25) is 9.59 Å². The number of carbonyl (C=O) groups is 2. The number of nitrogens with zero attached hydrogens (tertiary/aromatic N) is 2. The minimum Gasteiger partial charge on any atom is -0.507 e. The average molecular weight is 505 g/mol. The van der Waals surface area contributed by atoms with E-state index < -0.39 is 17.7 Å². The maximum Gasteiger partial charge on any atom is 0.295 e. The predicted octanol–water partition coefficient (Wildman–Crippen LogP) is 6.35. The minimum atomic E-state index is -0.637. The van der Waals surface area contributed by atoms with Crippen LogP contribution < -0.4 is 0 Å². The Morgan fingerprint density at radius 3 is 1.95 bits per heavy atom. The van der Waals surface area contributed by atoms with Gasteiger partial charge in [-0.1, -0.05) is 91.8 Å². The summed E-state index contributed by atoms with van der Waals surface area (Å²) < 4.78 is 0. The molecule has 0 radical (unpaired) electrons. The fourth-order valence-electron chi connectivity index (χ4n) is 4.90. The summed E-state index contributed by atoms with van der Waals surface area (Å²) >= 11 is 0. The van der Waals surface area contributed by atoms with E-state index in [4.69, 9.17) is 0 Å². The predicted molar refractivity (Wildman–Crippen MR) is 152 cm³/mol. The number of ketones is 1. The second-order valence-electron chi connectivity index (χ2n) is 12.2. The molecule has 1 atom stereocenters. The molecule has 1 amide bonds. The molecule has 1 heterocycles. The van der Waals surface area contributed by atoms with Gasteiger partial charge in [-0.2, -0.15) is 0 Å². The summed E-state index contributed by atoms with van der Waals surface area (Å²) in [7, 11) is 0. The molecule has 5 nitrogen and oxygen atoms in total. The van der Waals surface area contributed by atoms with Crippen LogP contribution in [0.15, 0.2) is 48.0 Å². The second kappa shape index (κ2) is 10.8. The van der Waals surface area contributed by atoms with Gasteiger partial charge in [-0.15, -0.1) is 0 Å². The van der Waals surface area contributed by atoms with Crippen LogP contribution in [0.2, 0.25) is 0 Å². The van der Waals surface area contributed by atoms with Crippen LogP contribution in [0.3, 0.4) is 0 Å². The fourth-order valence-corrected chi connectivity index (χ4v) is 4.90. The highest BCUT2D eigenvalue weighted by Gasteiger charge is 2.46. The van der Waals surface area contributed by atoms with Gasteiger partial charge < -0.3 is 14.9 Å². The number of amides is 1. The van der Waals surface area contributed by atoms with Gasteiger partial charge >= 0.3 is 0 Å². The summed E-state index contributed by atoms with van der Waals surface area (Å²) in [6.45, 7) is 21.7.